The zero-order valence-electron chi connectivity index (χ0n) is 18.3. The summed E-state index contributed by atoms with van der Waals surface area (Å²) in [6.45, 7) is 1.35. The van der Waals surface area contributed by atoms with Crippen LogP contribution in [0.4, 0.5) is 20.2 Å². The zero-order valence-corrected chi connectivity index (χ0v) is 18.3. The number of pyridine rings is 1. The molecule has 3 saturated heterocycles. The van der Waals surface area contributed by atoms with Crippen molar-refractivity contribution in [2.24, 2.45) is 16.8 Å². The van der Waals surface area contributed by atoms with Gasteiger partial charge in [-0.2, -0.15) is 0 Å². The average Bonchev–Trinajstić information content (AvgIpc) is 3.15. The maximum atomic E-state index is 14.9. The lowest BCUT2D eigenvalue weighted by Crippen LogP contribution is -2.62. The Hall–Kier alpha value is -2.77. The fourth-order valence-corrected chi connectivity index (χ4v) is 4.97. The van der Waals surface area contributed by atoms with Gasteiger partial charge in [-0.15, -0.1) is 4.91 Å². The van der Waals surface area contributed by atoms with Crippen LogP contribution < -0.4 is 21.3 Å². The second kappa shape index (κ2) is 9.61. The predicted octanol–water partition coefficient (Wildman–Crippen LogP) is -0.163. The summed E-state index contributed by atoms with van der Waals surface area (Å²) in [6, 6.07) is -0.0171. The Morgan fingerprint density at radius 1 is 1.36 bits per heavy atom. The van der Waals surface area contributed by atoms with Gasteiger partial charge in [0.05, 0.1) is 24.2 Å². The predicted molar refractivity (Wildman–Crippen MR) is 116 cm³/mol. The molecule has 4 N–H and O–H groups in total. The molecule has 3 fully saturated rings. The van der Waals surface area contributed by atoms with Crippen LogP contribution >= 0.6 is 0 Å². The van der Waals surface area contributed by atoms with Gasteiger partial charge in [-0.25, -0.2) is 8.78 Å². The number of amides is 2. The van der Waals surface area contributed by atoms with Gasteiger partial charge in [-0.3, -0.25) is 24.8 Å². The topological polar surface area (TPSA) is 136 Å². The Bertz CT molecular complexity index is 921. The van der Waals surface area contributed by atoms with Crippen LogP contribution in [0.25, 0.3) is 0 Å². The summed E-state index contributed by atoms with van der Waals surface area (Å²) >= 11 is 0. The quantitative estimate of drug-likeness (QED) is 0.492. The van der Waals surface area contributed by atoms with E-state index >= 15 is 0 Å². The Morgan fingerprint density at radius 2 is 2.15 bits per heavy atom. The summed E-state index contributed by atoms with van der Waals surface area (Å²) in [7, 11) is 1.61. The van der Waals surface area contributed by atoms with Crippen molar-refractivity contribution in [2.75, 3.05) is 50.0 Å². The van der Waals surface area contributed by atoms with Crippen LogP contribution in [-0.4, -0.2) is 90.9 Å². The van der Waals surface area contributed by atoms with Gasteiger partial charge >= 0.3 is 0 Å². The van der Waals surface area contributed by atoms with E-state index in [2.05, 4.69) is 20.8 Å². The minimum Gasteiger partial charge on any atom is -0.364 e. The van der Waals surface area contributed by atoms with E-state index in [4.69, 9.17) is 5.73 Å². The average molecular weight is 466 g/mol. The fraction of sp³-hybridized carbons (Fsp3) is 0.650. The molecule has 5 atom stereocenters. The van der Waals surface area contributed by atoms with Gasteiger partial charge in [0, 0.05) is 45.2 Å². The summed E-state index contributed by atoms with van der Waals surface area (Å²) in [5.41, 5.74) is 6.14. The van der Waals surface area contributed by atoms with Crippen molar-refractivity contribution in [1.29, 1.82) is 0 Å². The number of hydrogen-bond acceptors (Lipinski definition) is 9. The summed E-state index contributed by atoms with van der Waals surface area (Å²) < 4.78 is 28.6. The molecular formula is C20H28F2N8O3. The molecule has 0 aliphatic carbocycles. The van der Waals surface area contributed by atoms with Crippen molar-refractivity contribution < 1.29 is 18.4 Å². The molecule has 0 aromatic carbocycles. The molecule has 1 aromatic rings. The molecule has 0 saturated carbocycles. The van der Waals surface area contributed by atoms with E-state index in [0.29, 0.717) is 32.5 Å². The lowest BCUT2D eigenvalue weighted by Gasteiger charge is -2.40. The summed E-state index contributed by atoms with van der Waals surface area (Å²) in [6.07, 6.45) is 0.291. The molecule has 0 radical (unpaired) electrons. The number of anilines is 2. The van der Waals surface area contributed by atoms with Gasteiger partial charge in [0.15, 0.2) is 12.0 Å². The third-order valence-corrected chi connectivity index (χ3v) is 6.58. The molecule has 1 aromatic heterocycles. The molecule has 0 bridgehead atoms. The molecule has 4 heterocycles. The highest BCUT2D eigenvalue weighted by Gasteiger charge is 2.41. The minimum atomic E-state index is -1.40. The monoisotopic (exact) mass is 466 g/mol. The van der Waals surface area contributed by atoms with Crippen LogP contribution in [0.3, 0.4) is 0 Å². The molecule has 2 amide bonds. The van der Waals surface area contributed by atoms with E-state index in [9.17, 15) is 23.3 Å². The first-order chi connectivity index (χ1) is 15.8. The smallest absolute Gasteiger partial charge is 0.234 e. The number of nitrogens with zero attached hydrogens (tertiary/aromatic N) is 5. The Morgan fingerprint density at radius 3 is 2.88 bits per heavy atom. The highest BCUT2D eigenvalue weighted by molar-refractivity contribution is 5.96. The van der Waals surface area contributed by atoms with E-state index in [1.807, 2.05) is 0 Å². The maximum absolute atomic E-state index is 14.9. The number of carbonyl (C=O) groups is 2. The number of nitrogens with two attached hydrogens (primary N) is 1. The summed E-state index contributed by atoms with van der Waals surface area (Å²) in [5, 5.41) is 8.37. The van der Waals surface area contributed by atoms with Gasteiger partial charge in [-0.05, 0) is 13.5 Å². The van der Waals surface area contributed by atoms with Crippen molar-refractivity contribution >= 4 is 23.2 Å². The van der Waals surface area contributed by atoms with Crippen molar-refractivity contribution in [1.82, 2.24) is 20.1 Å². The summed E-state index contributed by atoms with van der Waals surface area (Å²) in [4.78, 5) is 45.5. The first-order valence-corrected chi connectivity index (χ1v) is 10.9. The number of piperazine rings is 1. The summed E-state index contributed by atoms with van der Waals surface area (Å²) in [5.74, 6) is -2.33. The van der Waals surface area contributed by atoms with Crippen LogP contribution in [0.15, 0.2) is 17.6 Å². The normalized spacial score (nSPS) is 27.8. The van der Waals surface area contributed by atoms with E-state index in [1.54, 1.807) is 21.7 Å². The Labute approximate surface area is 189 Å². The van der Waals surface area contributed by atoms with Gasteiger partial charge in [0.1, 0.15) is 17.8 Å². The molecular weight excluding hydrogens is 438 g/mol. The van der Waals surface area contributed by atoms with E-state index < -0.39 is 36.1 Å². The minimum absolute atomic E-state index is 0.00151. The van der Waals surface area contributed by atoms with Crippen molar-refractivity contribution in [3.63, 3.8) is 0 Å². The third-order valence-electron chi connectivity index (χ3n) is 6.58. The number of alkyl halides is 1. The van der Waals surface area contributed by atoms with E-state index in [1.165, 1.54) is 6.20 Å². The van der Waals surface area contributed by atoms with Crippen LogP contribution in [0, 0.1) is 16.6 Å². The maximum Gasteiger partial charge on any atom is 0.234 e. The lowest BCUT2D eigenvalue weighted by molar-refractivity contribution is -0.129. The van der Waals surface area contributed by atoms with Gasteiger partial charge in [0.25, 0.3) is 0 Å². The molecule has 11 nitrogen and oxygen atoms in total. The largest absolute Gasteiger partial charge is 0.364 e. The fourth-order valence-electron chi connectivity index (χ4n) is 4.97. The molecule has 3 aliphatic heterocycles. The van der Waals surface area contributed by atoms with Crippen LogP contribution in [-0.2, 0) is 9.59 Å². The Kier molecular flexibility index (Phi) is 6.81. The second-order valence-corrected chi connectivity index (χ2v) is 8.74. The van der Waals surface area contributed by atoms with Crippen molar-refractivity contribution in [3.05, 3.63) is 23.1 Å². The van der Waals surface area contributed by atoms with E-state index in [0.717, 1.165) is 6.20 Å². The molecule has 0 spiro atoms. The highest BCUT2D eigenvalue weighted by atomic mass is 19.1. The molecule has 13 heteroatoms. The number of aromatic nitrogens is 1. The van der Waals surface area contributed by atoms with Crippen molar-refractivity contribution in [3.8, 4) is 0 Å². The van der Waals surface area contributed by atoms with E-state index in [-0.39, 0.29) is 36.4 Å². The third kappa shape index (κ3) is 4.66. The van der Waals surface area contributed by atoms with Crippen LogP contribution in [0.5, 0.6) is 0 Å². The molecule has 4 unspecified atom stereocenters. The number of rotatable bonds is 6. The van der Waals surface area contributed by atoms with Gasteiger partial charge in [0.2, 0.25) is 11.8 Å². The standard InChI is InChI=1S/C20H28F2N8O3/c1-28-9-11(21)6-25-19(28)16(18(23)27-33)20(32)26-14-8-24-7-13(22)17(14)29-4-5-30-12(10-29)2-3-15(30)31/h7-8,11-12,16,18-19,25H,2-6,9-10,23H2,1H3,(H,26,32)/t11?,12-,16?,18?,19?/m1/s1. The van der Waals surface area contributed by atoms with Crippen molar-refractivity contribution in [2.45, 2.75) is 37.4 Å². The molecule has 180 valence electrons. The van der Waals surface area contributed by atoms with Crippen LogP contribution in [0.1, 0.15) is 12.8 Å². The number of fused-ring (bicyclic) bond motifs is 1. The zero-order chi connectivity index (χ0) is 23.7. The lowest BCUT2D eigenvalue weighted by atomic mass is 9.98. The molecule has 33 heavy (non-hydrogen) atoms. The molecule has 4 rings (SSSR count). The van der Waals surface area contributed by atoms with Gasteiger partial charge in [-0.1, -0.05) is 5.18 Å². The first-order valence-electron chi connectivity index (χ1n) is 10.9. The number of carbonyl (C=O) groups excluding carboxylic acids is 2. The second-order valence-electron chi connectivity index (χ2n) is 8.74. The number of nitroso groups, excluding NO2 is 1. The number of hydrogen-bond donors (Lipinski definition) is 3. The number of nitrogens with one attached hydrogen (secondary N) is 2. The van der Waals surface area contributed by atoms with Gasteiger partial charge < -0.3 is 20.9 Å². The SMILES string of the molecule is CN1CC(F)CNC1C(C(=O)Nc1cncc(F)c1N1CCN2C(=O)CC[C@@H]2C1)C(N)N=O. The Balaban J connectivity index is 1.56. The molecule has 3 aliphatic rings. The highest BCUT2D eigenvalue weighted by Crippen LogP contribution is 2.33. The van der Waals surface area contributed by atoms with Crippen LogP contribution in [0.2, 0.25) is 0 Å². The number of halogens is 2. The first kappa shape index (κ1) is 23.4.